The van der Waals surface area contributed by atoms with Gasteiger partial charge in [0.25, 0.3) is 11.8 Å². The Labute approximate surface area is 216 Å². The molecule has 9 heteroatoms. The summed E-state index contributed by atoms with van der Waals surface area (Å²) >= 11 is 0. The van der Waals surface area contributed by atoms with Gasteiger partial charge in [-0.1, -0.05) is 24.3 Å². The standard InChI is InChI=1S/C28H31N5O4/c1-33-11-2-3-23(17-33)37-22-7-4-19(5-8-22)15-29-27(34)24-14-25(32-18-31-24)28(35)30-16-20-6-9-26-21(13-20)10-12-36-26/h4-9,13-14,18,23H,2-3,10-12,15-17H2,1H3,(H,29,34)(H,30,35). The van der Waals surface area contributed by atoms with Crippen LogP contribution < -0.4 is 20.1 Å². The molecule has 5 rings (SSSR count). The van der Waals surface area contributed by atoms with Gasteiger partial charge in [0.1, 0.15) is 35.3 Å². The van der Waals surface area contributed by atoms with E-state index in [0.29, 0.717) is 19.7 Å². The van der Waals surface area contributed by atoms with Gasteiger partial charge in [-0.05, 0) is 61.3 Å². The zero-order valence-corrected chi connectivity index (χ0v) is 20.9. The Hall–Kier alpha value is -3.98. The zero-order chi connectivity index (χ0) is 25.6. The lowest BCUT2D eigenvalue weighted by molar-refractivity contribution is 0.0944. The maximum Gasteiger partial charge on any atom is 0.270 e. The van der Waals surface area contributed by atoms with Crippen LogP contribution >= 0.6 is 0 Å². The first-order valence-electron chi connectivity index (χ1n) is 12.6. The summed E-state index contributed by atoms with van der Waals surface area (Å²) in [6, 6.07) is 15.0. The Bertz CT molecular complexity index is 1260. The van der Waals surface area contributed by atoms with Gasteiger partial charge in [-0.15, -0.1) is 0 Å². The van der Waals surface area contributed by atoms with Crippen LogP contribution in [0.3, 0.4) is 0 Å². The van der Waals surface area contributed by atoms with Gasteiger partial charge in [0.15, 0.2) is 0 Å². The molecule has 2 aromatic carbocycles. The van der Waals surface area contributed by atoms with Crippen molar-refractivity contribution >= 4 is 11.8 Å². The van der Waals surface area contributed by atoms with Crippen molar-refractivity contribution in [2.24, 2.45) is 0 Å². The summed E-state index contributed by atoms with van der Waals surface area (Å²) in [6.07, 6.45) is 4.51. The van der Waals surface area contributed by atoms with Crippen LogP contribution in [0.5, 0.6) is 11.5 Å². The Morgan fingerprint density at radius 1 is 1.00 bits per heavy atom. The molecular formula is C28H31N5O4. The average molecular weight is 502 g/mol. The summed E-state index contributed by atoms with van der Waals surface area (Å²) in [6.45, 7) is 3.42. The number of amides is 2. The van der Waals surface area contributed by atoms with Crippen molar-refractivity contribution in [3.63, 3.8) is 0 Å². The summed E-state index contributed by atoms with van der Waals surface area (Å²) in [5.74, 6) is 0.988. The first kappa shape index (κ1) is 24.7. The molecule has 3 heterocycles. The molecule has 3 aromatic rings. The summed E-state index contributed by atoms with van der Waals surface area (Å²) in [7, 11) is 2.11. The van der Waals surface area contributed by atoms with Gasteiger partial charge < -0.3 is 25.0 Å². The van der Waals surface area contributed by atoms with Gasteiger partial charge in [-0.2, -0.15) is 0 Å². The van der Waals surface area contributed by atoms with Crippen LogP contribution in [0.2, 0.25) is 0 Å². The van der Waals surface area contributed by atoms with Crippen LogP contribution in [0.15, 0.2) is 54.9 Å². The van der Waals surface area contributed by atoms with E-state index in [1.807, 2.05) is 42.5 Å². The number of fused-ring (bicyclic) bond motifs is 1. The lowest BCUT2D eigenvalue weighted by Gasteiger charge is -2.30. The minimum atomic E-state index is -0.374. The van der Waals surface area contributed by atoms with E-state index in [1.165, 1.54) is 12.4 Å². The van der Waals surface area contributed by atoms with Gasteiger partial charge in [0, 0.05) is 32.1 Å². The largest absolute Gasteiger partial charge is 0.493 e. The Balaban J connectivity index is 1.11. The quantitative estimate of drug-likeness (QED) is 0.489. The Morgan fingerprint density at radius 2 is 1.70 bits per heavy atom. The number of nitrogens with zero attached hydrogens (tertiary/aromatic N) is 3. The number of ether oxygens (including phenoxy) is 2. The molecular weight excluding hydrogens is 470 g/mol. The summed E-state index contributed by atoms with van der Waals surface area (Å²) in [4.78, 5) is 35.6. The SMILES string of the molecule is CN1CCCC(Oc2ccc(CNC(=O)c3cc(C(=O)NCc4ccc5c(c4)CCO5)ncn3)cc2)C1. The third-order valence-electron chi connectivity index (χ3n) is 6.60. The molecule has 1 saturated heterocycles. The Morgan fingerprint density at radius 3 is 2.43 bits per heavy atom. The molecule has 1 atom stereocenters. The average Bonchev–Trinajstić information content (AvgIpc) is 3.39. The van der Waals surface area contributed by atoms with Gasteiger partial charge >= 0.3 is 0 Å². The molecule has 0 radical (unpaired) electrons. The number of hydrogen-bond acceptors (Lipinski definition) is 7. The number of piperidine rings is 1. The van der Waals surface area contributed by atoms with Gasteiger partial charge in [-0.25, -0.2) is 9.97 Å². The van der Waals surface area contributed by atoms with Crippen molar-refractivity contribution < 1.29 is 19.1 Å². The minimum absolute atomic E-state index is 0.135. The summed E-state index contributed by atoms with van der Waals surface area (Å²) < 4.78 is 11.6. The van der Waals surface area contributed by atoms with Crippen LogP contribution in [0, 0.1) is 0 Å². The highest BCUT2D eigenvalue weighted by atomic mass is 16.5. The second kappa shape index (κ2) is 11.4. The second-order valence-corrected chi connectivity index (χ2v) is 9.48. The first-order valence-corrected chi connectivity index (χ1v) is 12.6. The van der Waals surface area contributed by atoms with Gasteiger partial charge in [-0.3, -0.25) is 9.59 Å². The van der Waals surface area contributed by atoms with Crippen LogP contribution in [0.1, 0.15) is 50.5 Å². The van der Waals surface area contributed by atoms with Crippen molar-refractivity contribution in [2.75, 3.05) is 26.7 Å². The normalized spacial score (nSPS) is 16.9. The second-order valence-electron chi connectivity index (χ2n) is 9.48. The number of aromatic nitrogens is 2. The zero-order valence-electron chi connectivity index (χ0n) is 20.9. The lowest BCUT2D eigenvalue weighted by Crippen LogP contribution is -2.38. The third kappa shape index (κ3) is 6.42. The molecule has 0 aliphatic carbocycles. The number of rotatable bonds is 8. The molecule has 1 fully saturated rings. The number of carbonyl (C=O) groups is 2. The predicted molar refractivity (Wildman–Crippen MR) is 138 cm³/mol. The van der Waals surface area contributed by atoms with Crippen molar-refractivity contribution in [3.05, 3.63) is 82.9 Å². The number of benzene rings is 2. The molecule has 0 spiro atoms. The molecule has 2 aliphatic heterocycles. The minimum Gasteiger partial charge on any atom is -0.493 e. The number of hydrogen-bond donors (Lipinski definition) is 2. The molecule has 9 nitrogen and oxygen atoms in total. The number of likely N-dealkylation sites (tertiary alicyclic amines) is 1. The number of likely N-dealkylation sites (N-methyl/N-ethyl adjacent to an activating group) is 1. The molecule has 192 valence electrons. The monoisotopic (exact) mass is 501 g/mol. The van der Waals surface area contributed by atoms with Crippen molar-refractivity contribution in [3.8, 4) is 11.5 Å². The van der Waals surface area contributed by atoms with Crippen LogP contribution in [-0.2, 0) is 19.5 Å². The molecule has 1 aromatic heterocycles. The maximum absolute atomic E-state index is 12.7. The molecule has 2 aliphatic rings. The predicted octanol–water partition coefficient (Wildman–Crippen LogP) is 2.74. The highest BCUT2D eigenvalue weighted by Gasteiger charge is 2.19. The number of carbonyl (C=O) groups excluding carboxylic acids is 2. The fraction of sp³-hybridized carbons (Fsp3) is 0.357. The third-order valence-corrected chi connectivity index (χ3v) is 6.60. The van der Waals surface area contributed by atoms with E-state index in [1.54, 1.807) is 0 Å². The maximum atomic E-state index is 12.7. The van der Waals surface area contributed by atoms with E-state index in [9.17, 15) is 9.59 Å². The Kier molecular flexibility index (Phi) is 7.60. The van der Waals surface area contributed by atoms with E-state index in [4.69, 9.17) is 9.47 Å². The van der Waals surface area contributed by atoms with Crippen molar-refractivity contribution in [1.82, 2.24) is 25.5 Å². The highest BCUT2D eigenvalue weighted by molar-refractivity contribution is 5.97. The van der Waals surface area contributed by atoms with E-state index >= 15 is 0 Å². The molecule has 37 heavy (non-hydrogen) atoms. The lowest BCUT2D eigenvalue weighted by atomic mass is 10.1. The summed E-state index contributed by atoms with van der Waals surface area (Å²) in [5.41, 5.74) is 3.34. The number of nitrogens with one attached hydrogen (secondary N) is 2. The molecule has 0 bridgehead atoms. The molecule has 2 N–H and O–H groups in total. The van der Waals surface area contributed by atoms with E-state index in [0.717, 1.165) is 60.5 Å². The smallest absolute Gasteiger partial charge is 0.270 e. The van der Waals surface area contributed by atoms with Gasteiger partial charge in [0.2, 0.25) is 0 Å². The van der Waals surface area contributed by atoms with Crippen LogP contribution in [-0.4, -0.2) is 59.5 Å². The van der Waals surface area contributed by atoms with E-state index < -0.39 is 0 Å². The van der Waals surface area contributed by atoms with E-state index in [-0.39, 0.29) is 29.3 Å². The molecule has 1 unspecified atom stereocenters. The van der Waals surface area contributed by atoms with Crippen LogP contribution in [0.25, 0.3) is 0 Å². The van der Waals surface area contributed by atoms with Crippen LogP contribution in [0.4, 0.5) is 0 Å². The molecule has 2 amide bonds. The first-order chi connectivity index (χ1) is 18.0. The van der Waals surface area contributed by atoms with Gasteiger partial charge in [0.05, 0.1) is 6.61 Å². The molecule has 0 saturated carbocycles. The fourth-order valence-electron chi connectivity index (χ4n) is 4.59. The van der Waals surface area contributed by atoms with E-state index in [2.05, 4.69) is 32.5 Å². The van der Waals surface area contributed by atoms with Crippen molar-refractivity contribution in [1.29, 1.82) is 0 Å². The fourth-order valence-corrected chi connectivity index (χ4v) is 4.59. The highest BCUT2D eigenvalue weighted by Crippen LogP contribution is 2.25. The van der Waals surface area contributed by atoms with Crippen molar-refractivity contribution in [2.45, 2.75) is 38.5 Å². The summed E-state index contributed by atoms with van der Waals surface area (Å²) in [5, 5.41) is 5.70. The topological polar surface area (TPSA) is 106 Å².